The van der Waals surface area contributed by atoms with Crippen LogP contribution in [0.25, 0.3) is 0 Å². The number of hydrogen-bond acceptors (Lipinski definition) is 2. The average Bonchev–Trinajstić information content (AvgIpc) is 2.44. The van der Waals surface area contributed by atoms with Gasteiger partial charge >= 0.3 is 0 Å². The highest BCUT2D eigenvalue weighted by molar-refractivity contribution is 6.42. The van der Waals surface area contributed by atoms with Gasteiger partial charge in [-0.25, -0.2) is 0 Å². The third-order valence-electron chi connectivity index (χ3n) is 3.96. The largest absolute Gasteiger partial charge is 0.340 e. The predicted octanol–water partition coefficient (Wildman–Crippen LogP) is 4.04. The number of hydrogen-bond donors (Lipinski definition) is 1. The Bertz CT molecular complexity index is 502. The molecular formula is C15H21Cl3N2O. The molecule has 1 aliphatic carbocycles. The monoisotopic (exact) mass is 350 g/mol. The number of nitrogens with zero attached hydrogens (tertiary/aromatic N) is 1. The fourth-order valence-corrected chi connectivity index (χ4v) is 3.15. The molecule has 0 radical (unpaired) electrons. The molecule has 2 rings (SSSR count). The number of carbonyl (C=O) groups is 1. The highest BCUT2D eigenvalue weighted by atomic mass is 35.5. The van der Waals surface area contributed by atoms with Gasteiger partial charge in [-0.3, -0.25) is 4.79 Å². The Labute approximate surface area is 142 Å². The highest BCUT2D eigenvalue weighted by Gasteiger charge is 2.37. The number of amides is 1. The van der Waals surface area contributed by atoms with E-state index < -0.39 is 5.54 Å². The molecule has 0 unspecified atom stereocenters. The lowest BCUT2D eigenvalue weighted by Gasteiger charge is -2.35. The number of nitrogens with two attached hydrogens (primary N) is 1. The SMILES string of the molecule is CN(Cc1cccc(Cl)c1Cl)C(=O)C1(N)CCCCC1.Cl. The molecule has 6 heteroatoms. The summed E-state index contributed by atoms with van der Waals surface area (Å²) in [7, 11) is 1.77. The molecule has 0 bridgehead atoms. The maximum Gasteiger partial charge on any atom is 0.242 e. The van der Waals surface area contributed by atoms with Crippen molar-refractivity contribution < 1.29 is 4.79 Å². The van der Waals surface area contributed by atoms with Crippen LogP contribution in [0.1, 0.15) is 37.7 Å². The van der Waals surface area contributed by atoms with Gasteiger partial charge in [-0.15, -0.1) is 12.4 Å². The molecule has 1 amide bonds. The minimum atomic E-state index is -0.710. The van der Waals surface area contributed by atoms with E-state index in [1.165, 1.54) is 0 Å². The van der Waals surface area contributed by atoms with Gasteiger partial charge in [0.1, 0.15) is 0 Å². The van der Waals surface area contributed by atoms with Gasteiger partial charge < -0.3 is 10.6 Å². The predicted molar refractivity (Wildman–Crippen MR) is 90.2 cm³/mol. The first-order valence-electron chi connectivity index (χ1n) is 6.91. The molecule has 0 saturated heterocycles. The van der Waals surface area contributed by atoms with Crippen LogP contribution in [0.5, 0.6) is 0 Å². The Kier molecular flexibility index (Phi) is 6.79. The molecule has 0 atom stereocenters. The summed E-state index contributed by atoms with van der Waals surface area (Å²) in [4.78, 5) is 14.2. The molecule has 1 aliphatic rings. The van der Waals surface area contributed by atoms with E-state index in [4.69, 9.17) is 28.9 Å². The summed E-state index contributed by atoms with van der Waals surface area (Å²) in [5.41, 5.74) is 6.41. The molecule has 118 valence electrons. The topological polar surface area (TPSA) is 46.3 Å². The van der Waals surface area contributed by atoms with Crippen molar-refractivity contribution in [1.82, 2.24) is 4.90 Å². The summed E-state index contributed by atoms with van der Waals surface area (Å²) in [6.45, 7) is 0.428. The van der Waals surface area contributed by atoms with Crippen molar-refractivity contribution in [3.05, 3.63) is 33.8 Å². The second kappa shape index (κ2) is 7.68. The van der Waals surface area contributed by atoms with Gasteiger partial charge in [0.05, 0.1) is 15.6 Å². The lowest BCUT2D eigenvalue weighted by atomic mass is 9.81. The van der Waals surface area contributed by atoms with Crippen molar-refractivity contribution >= 4 is 41.5 Å². The zero-order valence-electron chi connectivity index (χ0n) is 12.1. The lowest BCUT2D eigenvalue weighted by molar-refractivity contribution is -0.137. The van der Waals surface area contributed by atoms with Crippen LogP contribution in [0.2, 0.25) is 10.0 Å². The Morgan fingerprint density at radius 2 is 1.90 bits per heavy atom. The molecule has 0 heterocycles. The molecule has 1 aromatic rings. The molecule has 2 N–H and O–H groups in total. The standard InChI is InChI=1S/C15H20Cl2N2O.ClH/c1-19(10-11-6-5-7-12(16)13(11)17)14(20)15(18)8-3-2-4-9-15;/h5-7H,2-4,8-10,18H2,1H3;1H. The summed E-state index contributed by atoms with van der Waals surface area (Å²) in [5.74, 6) is -0.00626. The molecule has 0 aromatic heterocycles. The fraction of sp³-hybridized carbons (Fsp3) is 0.533. The average molecular weight is 352 g/mol. The Morgan fingerprint density at radius 1 is 1.29 bits per heavy atom. The van der Waals surface area contributed by atoms with E-state index in [0.717, 1.165) is 37.7 Å². The first kappa shape index (κ1) is 18.6. The van der Waals surface area contributed by atoms with E-state index in [9.17, 15) is 4.79 Å². The summed E-state index contributed by atoms with van der Waals surface area (Å²) >= 11 is 12.2. The van der Waals surface area contributed by atoms with Gasteiger partial charge in [-0.2, -0.15) is 0 Å². The normalized spacial score (nSPS) is 17.0. The zero-order chi connectivity index (χ0) is 14.8. The first-order valence-corrected chi connectivity index (χ1v) is 7.67. The minimum absolute atomic E-state index is 0. The van der Waals surface area contributed by atoms with Gasteiger partial charge in [-0.05, 0) is 24.5 Å². The molecule has 1 saturated carbocycles. The Balaban J connectivity index is 0.00000220. The fourth-order valence-electron chi connectivity index (χ4n) is 2.77. The van der Waals surface area contributed by atoms with Crippen molar-refractivity contribution in [2.24, 2.45) is 5.73 Å². The molecule has 3 nitrogen and oxygen atoms in total. The quantitative estimate of drug-likeness (QED) is 0.893. The number of halogens is 3. The maximum atomic E-state index is 12.5. The third kappa shape index (κ3) is 4.26. The minimum Gasteiger partial charge on any atom is -0.340 e. The summed E-state index contributed by atoms with van der Waals surface area (Å²) in [6, 6.07) is 5.45. The first-order chi connectivity index (χ1) is 9.44. The van der Waals surface area contributed by atoms with Crippen LogP contribution in [0.15, 0.2) is 18.2 Å². The van der Waals surface area contributed by atoms with Crippen LogP contribution < -0.4 is 5.73 Å². The third-order valence-corrected chi connectivity index (χ3v) is 4.82. The lowest BCUT2D eigenvalue weighted by Crippen LogP contribution is -2.55. The van der Waals surface area contributed by atoms with Gasteiger partial charge in [0, 0.05) is 13.6 Å². The van der Waals surface area contributed by atoms with Crippen molar-refractivity contribution in [2.45, 2.75) is 44.2 Å². The van der Waals surface area contributed by atoms with Crippen LogP contribution in [-0.4, -0.2) is 23.4 Å². The number of carbonyl (C=O) groups excluding carboxylic acids is 1. The van der Waals surface area contributed by atoms with Crippen molar-refractivity contribution in [2.75, 3.05) is 7.05 Å². The van der Waals surface area contributed by atoms with E-state index in [-0.39, 0.29) is 18.3 Å². The van der Waals surface area contributed by atoms with Crippen molar-refractivity contribution in [1.29, 1.82) is 0 Å². The van der Waals surface area contributed by atoms with E-state index in [0.29, 0.717) is 16.6 Å². The Morgan fingerprint density at radius 3 is 2.52 bits per heavy atom. The van der Waals surface area contributed by atoms with Gasteiger partial charge in [0.25, 0.3) is 0 Å². The van der Waals surface area contributed by atoms with E-state index in [1.807, 2.05) is 12.1 Å². The molecule has 21 heavy (non-hydrogen) atoms. The summed E-state index contributed by atoms with van der Waals surface area (Å²) < 4.78 is 0. The van der Waals surface area contributed by atoms with Gasteiger partial charge in [-0.1, -0.05) is 54.6 Å². The summed E-state index contributed by atoms with van der Waals surface area (Å²) in [5, 5.41) is 1.01. The van der Waals surface area contributed by atoms with Gasteiger partial charge in [0.2, 0.25) is 5.91 Å². The Hall–Kier alpha value is -0.480. The second-order valence-electron chi connectivity index (χ2n) is 5.59. The van der Waals surface area contributed by atoms with E-state index >= 15 is 0 Å². The number of benzene rings is 1. The van der Waals surface area contributed by atoms with Crippen LogP contribution >= 0.6 is 35.6 Å². The molecule has 1 aromatic carbocycles. The molecular weight excluding hydrogens is 331 g/mol. The highest BCUT2D eigenvalue weighted by Crippen LogP contribution is 2.30. The zero-order valence-corrected chi connectivity index (χ0v) is 14.4. The second-order valence-corrected chi connectivity index (χ2v) is 6.38. The van der Waals surface area contributed by atoms with Crippen molar-refractivity contribution in [3.8, 4) is 0 Å². The molecule has 1 fully saturated rings. The van der Waals surface area contributed by atoms with Gasteiger partial charge in [0.15, 0.2) is 0 Å². The van der Waals surface area contributed by atoms with Crippen molar-refractivity contribution in [3.63, 3.8) is 0 Å². The van der Waals surface area contributed by atoms with Crippen LogP contribution in [-0.2, 0) is 11.3 Å². The van der Waals surface area contributed by atoms with Crippen LogP contribution in [0.3, 0.4) is 0 Å². The summed E-state index contributed by atoms with van der Waals surface area (Å²) in [6.07, 6.45) is 4.73. The maximum absolute atomic E-state index is 12.5. The van der Waals surface area contributed by atoms with Crippen LogP contribution in [0.4, 0.5) is 0 Å². The molecule has 0 spiro atoms. The van der Waals surface area contributed by atoms with E-state index in [1.54, 1.807) is 18.0 Å². The molecule has 0 aliphatic heterocycles. The number of likely N-dealkylation sites (N-methyl/N-ethyl adjacent to an activating group) is 1. The van der Waals surface area contributed by atoms with E-state index in [2.05, 4.69) is 0 Å². The van der Waals surface area contributed by atoms with Crippen LogP contribution in [0, 0.1) is 0 Å². The number of rotatable bonds is 3. The smallest absolute Gasteiger partial charge is 0.242 e.